The maximum Gasteiger partial charge on any atom is 0.193 e. The molecule has 1 rings (SSSR count). The second kappa shape index (κ2) is 7.92. The Kier molecular flexibility index (Phi) is 6.55. The van der Waals surface area contributed by atoms with E-state index in [2.05, 4.69) is 43.1 Å². The van der Waals surface area contributed by atoms with Crippen molar-refractivity contribution in [1.82, 2.24) is 20.0 Å². The van der Waals surface area contributed by atoms with Crippen molar-refractivity contribution in [3.63, 3.8) is 0 Å². The van der Waals surface area contributed by atoms with Crippen LogP contribution in [0.2, 0.25) is 0 Å². The molecule has 0 spiro atoms. The van der Waals surface area contributed by atoms with E-state index in [0.29, 0.717) is 6.54 Å². The summed E-state index contributed by atoms with van der Waals surface area (Å²) in [6.45, 7) is 11.1. The standard InChI is InChI=1S/C15H29N5/c1-7-9-10-19(5)15(16-8-2)17-11-14-12(3)18-20(6)13(14)4/h7-11H2,1-6H3,(H,16,17). The van der Waals surface area contributed by atoms with Gasteiger partial charge in [-0.05, 0) is 27.2 Å². The first-order valence-corrected chi connectivity index (χ1v) is 7.49. The van der Waals surface area contributed by atoms with Gasteiger partial charge < -0.3 is 10.2 Å². The highest BCUT2D eigenvalue weighted by molar-refractivity contribution is 5.79. The number of hydrogen-bond donors (Lipinski definition) is 1. The molecule has 0 unspecified atom stereocenters. The van der Waals surface area contributed by atoms with Crippen molar-refractivity contribution in [1.29, 1.82) is 0 Å². The molecule has 1 N–H and O–H groups in total. The van der Waals surface area contributed by atoms with Gasteiger partial charge in [0.25, 0.3) is 0 Å². The van der Waals surface area contributed by atoms with Gasteiger partial charge in [0.15, 0.2) is 5.96 Å². The summed E-state index contributed by atoms with van der Waals surface area (Å²) < 4.78 is 1.92. The number of rotatable bonds is 6. The summed E-state index contributed by atoms with van der Waals surface area (Å²) in [4.78, 5) is 6.95. The molecule has 114 valence electrons. The van der Waals surface area contributed by atoms with E-state index < -0.39 is 0 Å². The second-order valence-electron chi connectivity index (χ2n) is 5.22. The number of hydrogen-bond acceptors (Lipinski definition) is 2. The van der Waals surface area contributed by atoms with E-state index in [4.69, 9.17) is 4.99 Å². The van der Waals surface area contributed by atoms with Crippen LogP contribution in [0.4, 0.5) is 0 Å². The lowest BCUT2D eigenvalue weighted by molar-refractivity contribution is 0.464. The van der Waals surface area contributed by atoms with Gasteiger partial charge in [0.05, 0.1) is 12.2 Å². The van der Waals surface area contributed by atoms with Crippen LogP contribution in [0, 0.1) is 13.8 Å². The number of nitrogens with zero attached hydrogens (tertiary/aromatic N) is 4. The number of nitrogens with one attached hydrogen (secondary N) is 1. The summed E-state index contributed by atoms with van der Waals surface area (Å²) >= 11 is 0. The van der Waals surface area contributed by atoms with Crippen molar-refractivity contribution in [3.05, 3.63) is 17.0 Å². The van der Waals surface area contributed by atoms with Crippen LogP contribution >= 0.6 is 0 Å². The molecule has 0 aromatic carbocycles. The van der Waals surface area contributed by atoms with Gasteiger partial charge in [0, 0.05) is 38.4 Å². The van der Waals surface area contributed by atoms with Gasteiger partial charge in [-0.1, -0.05) is 13.3 Å². The summed E-state index contributed by atoms with van der Waals surface area (Å²) in [5.41, 5.74) is 3.49. The van der Waals surface area contributed by atoms with Crippen LogP contribution in [0.15, 0.2) is 4.99 Å². The maximum absolute atomic E-state index is 4.75. The molecule has 1 aromatic heterocycles. The molecule has 0 saturated carbocycles. The third-order valence-corrected chi connectivity index (χ3v) is 3.59. The summed E-state index contributed by atoms with van der Waals surface area (Å²) in [5.74, 6) is 0.976. The van der Waals surface area contributed by atoms with E-state index in [1.807, 2.05) is 18.7 Å². The fraction of sp³-hybridized carbons (Fsp3) is 0.733. The molecule has 0 aliphatic rings. The third kappa shape index (κ3) is 4.25. The van der Waals surface area contributed by atoms with E-state index in [0.717, 1.165) is 24.7 Å². The van der Waals surface area contributed by atoms with Crippen LogP contribution in [0.3, 0.4) is 0 Å². The predicted octanol–water partition coefficient (Wildman–Crippen LogP) is 2.23. The zero-order valence-corrected chi connectivity index (χ0v) is 13.8. The smallest absolute Gasteiger partial charge is 0.193 e. The van der Waals surface area contributed by atoms with Crippen molar-refractivity contribution in [2.24, 2.45) is 12.0 Å². The number of aryl methyl sites for hydroxylation is 2. The van der Waals surface area contributed by atoms with Gasteiger partial charge in [-0.15, -0.1) is 0 Å². The Labute approximate surface area is 123 Å². The van der Waals surface area contributed by atoms with Crippen LogP contribution in [0.5, 0.6) is 0 Å². The number of unbranched alkanes of at least 4 members (excludes halogenated alkanes) is 1. The van der Waals surface area contributed by atoms with E-state index in [9.17, 15) is 0 Å². The lowest BCUT2D eigenvalue weighted by Crippen LogP contribution is -2.39. The average Bonchev–Trinajstić information content (AvgIpc) is 2.66. The van der Waals surface area contributed by atoms with Crippen LogP contribution in [-0.2, 0) is 13.6 Å². The molecule has 0 atom stereocenters. The molecule has 5 heteroatoms. The Morgan fingerprint density at radius 3 is 2.55 bits per heavy atom. The molecule has 0 bridgehead atoms. The third-order valence-electron chi connectivity index (χ3n) is 3.59. The lowest BCUT2D eigenvalue weighted by atomic mass is 10.2. The van der Waals surface area contributed by atoms with Crippen molar-refractivity contribution in [3.8, 4) is 0 Å². The van der Waals surface area contributed by atoms with E-state index in [-0.39, 0.29) is 0 Å². The van der Waals surface area contributed by atoms with Gasteiger partial charge in [-0.25, -0.2) is 4.99 Å². The molecule has 1 aromatic rings. The van der Waals surface area contributed by atoms with Crippen molar-refractivity contribution in [2.75, 3.05) is 20.1 Å². The first kappa shape index (κ1) is 16.5. The number of aromatic nitrogens is 2. The Bertz CT molecular complexity index is 447. The Hall–Kier alpha value is -1.52. The summed E-state index contributed by atoms with van der Waals surface area (Å²) in [6.07, 6.45) is 2.39. The fourth-order valence-corrected chi connectivity index (χ4v) is 2.17. The molecule has 0 aliphatic carbocycles. The molecular weight excluding hydrogens is 250 g/mol. The highest BCUT2D eigenvalue weighted by Crippen LogP contribution is 2.13. The lowest BCUT2D eigenvalue weighted by Gasteiger charge is -2.21. The number of aliphatic imine (C=N–C) groups is 1. The van der Waals surface area contributed by atoms with E-state index in [1.165, 1.54) is 24.1 Å². The largest absolute Gasteiger partial charge is 0.357 e. The Morgan fingerprint density at radius 1 is 1.35 bits per heavy atom. The summed E-state index contributed by atoms with van der Waals surface area (Å²) in [6, 6.07) is 0. The van der Waals surface area contributed by atoms with Crippen molar-refractivity contribution >= 4 is 5.96 Å². The molecule has 20 heavy (non-hydrogen) atoms. The molecule has 0 saturated heterocycles. The summed E-state index contributed by atoms with van der Waals surface area (Å²) in [7, 11) is 4.08. The zero-order chi connectivity index (χ0) is 15.1. The quantitative estimate of drug-likeness (QED) is 0.641. The second-order valence-corrected chi connectivity index (χ2v) is 5.22. The SMILES string of the molecule is CCCCN(C)C(=NCc1c(C)nn(C)c1C)NCC. The van der Waals surface area contributed by atoms with Crippen LogP contribution < -0.4 is 5.32 Å². The van der Waals surface area contributed by atoms with E-state index in [1.54, 1.807) is 0 Å². The minimum absolute atomic E-state index is 0.685. The number of guanidine groups is 1. The van der Waals surface area contributed by atoms with Gasteiger partial charge in [-0.2, -0.15) is 5.10 Å². The topological polar surface area (TPSA) is 45.5 Å². The van der Waals surface area contributed by atoms with Crippen LogP contribution in [0.25, 0.3) is 0 Å². The minimum Gasteiger partial charge on any atom is -0.357 e. The average molecular weight is 279 g/mol. The molecular formula is C15H29N5. The van der Waals surface area contributed by atoms with Crippen molar-refractivity contribution < 1.29 is 0 Å². The van der Waals surface area contributed by atoms with Crippen molar-refractivity contribution in [2.45, 2.75) is 47.1 Å². The van der Waals surface area contributed by atoms with Gasteiger partial charge >= 0.3 is 0 Å². The highest BCUT2D eigenvalue weighted by Gasteiger charge is 2.10. The molecule has 1 heterocycles. The van der Waals surface area contributed by atoms with Gasteiger partial charge in [0.1, 0.15) is 0 Å². The maximum atomic E-state index is 4.75. The molecule has 0 radical (unpaired) electrons. The van der Waals surface area contributed by atoms with Gasteiger partial charge in [0.2, 0.25) is 0 Å². The van der Waals surface area contributed by atoms with Gasteiger partial charge in [-0.3, -0.25) is 4.68 Å². The molecule has 0 aliphatic heterocycles. The molecule has 5 nitrogen and oxygen atoms in total. The minimum atomic E-state index is 0.685. The molecule has 0 amide bonds. The predicted molar refractivity (Wildman–Crippen MR) is 85.0 cm³/mol. The monoisotopic (exact) mass is 279 g/mol. The molecule has 0 fully saturated rings. The Balaban J connectivity index is 2.80. The Morgan fingerprint density at radius 2 is 2.05 bits per heavy atom. The zero-order valence-electron chi connectivity index (χ0n) is 13.8. The first-order valence-electron chi connectivity index (χ1n) is 7.49. The first-order chi connectivity index (χ1) is 9.51. The van der Waals surface area contributed by atoms with Crippen LogP contribution in [-0.4, -0.2) is 40.8 Å². The highest BCUT2D eigenvalue weighted by atomic mass is 15.3. The summed E-state index contributed by atoms with van der Waals surface area (Å²) in [5, 5.41) is 7.80. The normalized spacial score (nSPS) is 11.8. The van der Waals surface area contributed by atoms with E-state index >= 15 is 0 Å². The van der Waals surface area contributed by atoms with Crippen LogP contribution in [0.1, 0.15) is 43.6 Å². The fourth-order valence-electron chi connectivity index (χ4n) is 2.17.